The summed E-state index contributed by atoms with van der Waals surface area (Å²) in [4.78, 5) is 15.0. The Bertz CT molecular complexity index is 1200. The summed E-state index contributed by atoms with van der Waals surface area (Å²) in [6, 6.07) is 17.4. The van der Waals surface area contributed by atoms with Gasteiger partial charge in [-0.05, 0) is 61.9 Å². The Kier molecular flexibility index (Phi) is 6.58. The van der Waals surface area contributed by atoms with Crippen LogP contribution in [-0.2, 0) is 16.4 Å². The van der Waals surface area contributed by atoms with Crippen LogP contribution in [0.2, 0.25) is 5.02 Å². The molecule has 6 nitrogen and oxygen atoms in total. The predicted molar refractivity (Wildman–Crippen MR) is 124 cm³/mol. The summed E-state index contributed by atoms with van der Waals surface area (Å²) >= 11 is 6.08. The van der Waals surface area contributed by atoms with Gasteiger partial charge in [-0.2, -0.15) is 0 Å². The van der Waals surface area contributed by atoms with Gasteiger partial charge >= 0.3 is 0 Å². The lowest BCUT2D eigenvalue weighted by atomic mass is 10.1. The Hall–Kier alpha value is -2.77. The van der Waals surface area contributed by atoms with Crippen molar-refractivity contribution in [1.82, 2.24) is 4.90 Å². The van der Waals surface area contributed by atoms with Crippen LogP contribution < -0.4 is 4.74 Å². The molecule has 1 amide bonds. The SMILES string of the molecule is CCOc1ccc(C(=O)N(Cc2ccc(-c3cccc(Cl)c3)o2)C2CCS(=O)(=O)C2)cc1. The van der Waals surface area contributed by atoms with E-state index in [4.69, 9.17) is 20.8 Å². The second kappa shape index (κ2) is 9.38. The fourth-order valence-corrected chi connectivity index (χ4v) is 5.76. The molecule has 0 spiro atoms. The molecule has 8 heteroatoms. The minimum absolute atomic E-state index is 0.0440. The lowest BCUT2D eigenvalue weighted by molar-refractivity contribution is 0.0666. The maximum absolute atomic E-state index is 13.4. The second-order valence-electron chi connectivity index (χ2n) is 7.72. The van der Waals surface area contributed by atoms with Gasteiger partial charge in [-0.15, -0.1) is 0 Å². The van der Waals surface area contributed by atoms with Crippen LogP contribution in [0.5, 0.6) is 5.75 Å². The maximum atomic E-state index is 13.4. The second-order valence-corrected chi connectivity index (χ2v) is 10.4. The van der Waals surface area contributed by atoms with Gasteiger partial charge in [0.1, 0.15) is 17.3 Å². The van der Waals surface area contributed by atoms with Crippen molar-refractivity contribution in [2.45, 2.75) is 25.9 Å². The molecule has 1 aliphatic rings. The lowest BCUT2D eigenvalue weighted by Crippen LogP contribution is -2.40. The van der Waals surface area contributed by atoms with E-state index in [9.17, 15) is 13.2 Å². The molecule has 3 aromatic rings. The first-order valence-corrected chi connectivity index (χ1v) is 12.6. The van der Waals surface area contributed by atoms with Crippen molar-refractivity contribution in [1.29, 1.82) is 0 Å². The number of carbonyl (C=O) groups excluding carboxylic acids is 1. The number of ether oxygens (including phenoxy) is 1. The normalized spacial score (nSPS) is 17.2. The fraction of sp³-hybridized carbons (Fsp3) is 0.292. The molecule has 1 saturated heterocycles. The molecule has 168 valence electrons. The van der Waals surface area contributed by atoms with Crippen molar-refractivity contribution in [2.24, 2.45) is 0 Å². The highest BCUT2D eigenvalue weighted by molar-refractivity contribution is 7.91. The number of benzene rings is 2. The molecule has 2 aromatic carbocycles. The zero-order valence-corrected chi connectivity index (χ0v) is 19.2. The van der Waals surface area contributed by atoms with E-state index in [0.29, 0.717) is 40.9 Å². The third-order valence-electron chi connectivity index (χ3n) is 5.42. The Morgan fingerprint density at radius 1 is 1.16 bits per heavy atom. The van der Waals surface area contributed by atoms with E-state index >= 15 is 0 Å². The average molecular weight is 474 g/mol. The van der Waals surface area contributed by atoms with Gasteiger partial charge in [-0.25, -0.2) is 8.42 Å². The minimum Gasteiger partial charge on any atom is -0.494 e. The van der Waals surface area contributed by atoms with E-state index in [2.05, 4.69) is 0 Å². The molecule has 1 aliphatic heterocycles. The van der Waals surface area contributed by atoms with E-state index in [1.165, 1.54) is 0 Å². The summed E-state index contributed by atoms with van der Waals surface area (Å²) in [5.41, 5.74) is 1.30. The van der Waals surface area contributed by atoms with Gasteiger partial charge in [0.15, 0.2) is 9.84 Å². The van der Waals surface area contributed by atoms with Crippen molar-refractivity contribution in [3.63, 3.8) is 0 Å². The van der Waals surface area contributed by atoms with Crippen LogP contribution in [-0.4, -0.2) is 43.4 Å². The van der Waals surface area contributed by atoms with Gasteiger partial charge in [0.25, 0.3) is 5.91 Å². The first-order chi connectivity index (χ1) is 15.3. The van der Waals surface area contributed by atoms with Crippen LogP contribution in [0.25, 0.3) is 11.3 Å². The van der Waals surface area contributed by atoms with Crippen molar-refractivity contribution < 1.29 is 22.4 Å². The van der Waals surface area contributed by atoms with Gasteiger partial charge < -0.3 is 14.1 Å². The number of carbonyl (C=O) groups is 1. The highest BCUT2D eigenvalue weighted by Crippen LogP contribution is 2.28. The monoisotopic (exact) mass is 473 g/mol. The highest BCUT2D eigenvalue weighted by Gasteiger charge is 2.35. The molecular weight excluding hydrogens is 450 g/mol. The molecule has 1 aromatic heterocycles. The van der Waals surface area contributed by atoms with Gasteiger partial charge in [-0.1, -0.05) is 23.7 Å². The third-order valence-corrected chi connectivity index (χ3v) is 7.40. The van der Waals surface area contributed by atoms with E-state index in [1.54, 1.807) is 47.4 Å². The molecule has 0 N–H and O–H groups in total. The van der Waals surface area contributed by atoms with E-state index < -0.39 is 15.9 Å². The summed E-state index contributed by atoms with van der Waals surface area (Å²) in [7, 11) is -3.16. The maximum Gasteiger partial charge on any atom is 0.254 e. The molecule has 1 fully saturated rings. The summed E-state index contributed by atoms with van der Waals surface area (Å²) in [5.74, 6) is 1.68. The first kappa shape index (κ1) is 22.4. The topological polar surface area (TPSA) is 76.8 Å². The molecule has 1 atom stereocenters. The molecule has 0 aliphatic carbocycles. The number of furan rings is 1. The molecular formula is C24H24ClNO5S. The van der Waals surface area contributed by atoms with Gasteiger partial charge in [0.2, 0.25) is 0 Å². The zero-order chi connectivity index (χ0) is 22.7. The van der Waals surface area contributed by atoms with Gasteiger partial charge in [0, 0.05) is 22.2 Å². The van der Waals surface area contributed by atoms with Crippen LogP contribution in [0.1, 0.15) is 29.5 Å². The molecule has 0 bridgehead atoms. The zero-order valence-electron chi connectivity index (χ0n) is 17.7. The van der Waals surface area contributed by atoms with Crippen molar-refractivity contribution in [2.75, 3.05) is 18.1 Å². The largest absolute Gasteiger partial charge is 0.494 e. The van der Waals surface area contributed by atoms with E-state index in [1.807, 2.05) is 25.1 Å². The standard InChI is InChI=1S/C24H24ClNO5S/c1-2-30-21-8-6-17(7-9-21)24(27)26(20-12-13-32(28,29)16-20)15-22-10-11-23(31-22)18-4-3-5-19(25)14-18/h3-11,14,20H,2,12-13,15-16H2,1H3. The Morgan fingerprint density at radius 2 is 1.94 bits per heavy atom. The van der Waals surface area contributed by atoms with Crippen LogP contribution >= 0.6 is 11.6 Å². The number of halogens is 1. The number of nitrogens with zero attached hydrogens (tertiary/aromatic N) is 1. The summed E-state index contributed by atoms with van der Waals surface area (Å²) in [5, 5.41) is 0.601. The fourth-order valence-electron chi connectivity index (χ4n) is 3.84. The molecule has 2 heterocycles. The Balaban J connectivity index is 1.59. The molecule has 32 heavy (non-hydrogen) atoms. The lowest BCUT2D eigenvalue weighted by Gasteiger charge is -2.27. The number of hydrogen-bond acceptors (Lipinski definition) is 5. The van der Waals surface area contributed by atoms with Crippen molar-refractivity contribution >= 4 is 27.3 Å². The minimum atomic E-state index is -3.16. The third kappa shape index (κ3) is 5.16. The highest BCUT2D eigenvalue weighted by atomic mass is 35.5. The summed E-state index contributed by atoms with van der Waals surface area (Å²) < 4.78 is 35.6. The molecule has 0 radical (unpaired) electrons. The molecule has 1 unspecified atom stereocenters. The average Bonchev–Trinajstić information content (AvgIpc) is 3.38. The van der Waals surface area contributed by atoms with Gasteiger partial charge in [-0.3, -0.25) is 4.79 Å². The predicted octanol–water partition coefficient (Wildman–Crippen LogP) is 4.83. The quantitative estimate of drug-likeness (QED) is 0.491. The van der Waals surface area contributed by atoms with Crippen LogP contribution in [0.15, 0.2) is 65.1 Å². The van der Waals surface area contributed by atoms with Crippen LogP contribution in [0.3, 0.4) is 0 Å². The van der Waals surface area contributed by atoms with Crippen molar-refractivity contribution in [3.05, 3.63) is 77.0 Å². The van der Waals surface area contributed by atoms with Crippen LogP contribution in [0.4, 0.5) is 0 Å². The summed E-state index contributed by atoms with van der Waals surface area (Å²) in [6.07, 6.45) is 0.410. The summed E-state index contributed by atoms with van der Waals surface area (Å²) in [6.45, 7) is 2.60. The van der Waals surface area contributed by atoms with Crippen LogP contribution in [0, 0.1) is 0 Å². The smallest absolute Gasteiger partial charge is 0.254 e. The molecule has 0 saturated carbocycles. The number of hydrogen-bond donors (Lipinski definition) is 0. The van der Waals surface area contributed by atoms with E-state index in [-0.39, 0.29) is 24.0 Å². The molecule has 4 rings (SSSR count). The first-order valence-electron chi connectivity index (χ1n) is 10.4. The number of rotatable bonds is 7. The van der Waals surface area contributed by atoms with E-state index in [0.717, 1.165) is 5.56 Å². The number of sulfone groups is 1. The Morgan fingerprint density at radius 3 is 2.59 bits per heavy atom. The van der Waals surface area contributed by atoms with Crippen molar-refractivity contribution in [3.8, 4) is 17.1 Å². The number of amides is 1. The Labute approximate surface area is 192 Å². The van der Waals surface area contributed by atoms with Gasteiger partial charge in [0.05, 0.1) is 24.7 Å².